The maximum Gasteiger partial charge on any atom is 0.348 e. The van der Waals surface area contributed by atoms with Gasteiger partial charge in [0.2, 0.25) is 0 Å². The third-order valence-corrected chi connectivity index (χ3v) is 5.62. The molecule has 1 N–H and O–H groups in total. The average Bonchev–Trinajstić information content (AvgIpc) is 3.39. The molecular formula is C22H22N2O7S. The SMILES string of the molecule is CCOC(=O)c1sc(NC(=O)c2cc(-c3ccc(OC)cc3)on2)c(C(=O)OCC)c1C. The van der Waals surface area contributed by atoms with Crippen molar-refractivity contribution in [1.82, 2.24) is 5.16 Å². The van der Waals surface area contributed by atoms with Crippen LogP contribution in [0.25, 0.3) is 11.3 Å². The molecule has 0 spiro atoms. The molecule has 0 unspecified atom stereocenters. The Hall–Kier alpha value is -3.66. The largest absolute Gasteiger partial charge is 0.497 e. The highest BCUT2D eigenvalue weighted by Gasteiger charge is 2.28. The summed E-state index contributed by atoms with van der Waals surface area (Å²) in [5.74, 6) is -0.757. The van der Waals surface area contributed by atoms with Gasteiger partial charge in [-0.15, -0.1) is 11.3 Å². The van der Waals surface area contributed by atoms with Crippen molar-refractivity contribution in [2.75, 3.05) is 25.6 Å². The molecule has 3 rings (SSSR count). The summed E-state index contributed by atoms with van der Waals surface area (Å²) in [6, 6.07) is 8.54. The lowest BCUT2D eigenvalue weighted by Gasteiger charge is -2.05. The fourth-order valence-electron chi connectivity index (χ4n) is 2.88. The zero-order chi connectivity index (χ0) is 23.3. The molecule has 1 aromatic carbocycles. The molecule has 0 aliphatic carbocycles. The molecule has 0 fully saturated rings. The molecule has 10 heteroatoms. The third kappa shape index (κ3) is 4.80. The topological polar surface area (TPSA) is 117 Å². The first kappa shape index (κ1) is 23.0. The number of carbonyl (C=O) groups is 3. The molecule has 0 aliphatic heterocycles. The zero-order valence-electron chi connectivity index (χ0n) is 18.0. The van der Waals surface area contributed by atoms with Gasteiger partial charge in [-0.2, -0.15) is 0 Å². The molecule has 2 aromatic heterocycles. The quantitative estimate of drug-likeness (QED) is 0.496. The average molecular weight is 458 g/mol. The molecule has 0 radical (unpaired) electrons. The molecule has 0 atom stereocenters. The van der Waals surface area contributed by atoms with Crippen molar-refractivity contribution in [2.45, 2.75) is 20.8 Å². The number of nitrogens with zero attached hydrogens (tertiary/aromatic N) is 1. The van der Waals surface area contributed by atoms with Crippen LogP contribution < -0.4 is 10.1 Å². The number of hydrogen-bond acceptors (Lipinski definition) is 9. The highest BCUT2D eigenvalue weighted by molar-refractivity contribution is 7.18. The number of aromatic nitrogens is 1. The van der Waals surface area contributed by atoms with Gasteiger partial charge in [-0.05, 0) is 50.6 Å². The summed E-state index contributed by atoms with van der Waals surface area (Å²) in [4.78, 5) is 37.7. The summed E-state index contributed by atoms with van der Waals surface area (Å²) in [6.07, 6.45) is 0. The Labute approximate surface area is 188 Å². The predicted octanol–water partition coefficient (Wildman–Crippen LogP) is 4.33. The standard InChI is InChI=1S/C22H22N2O7S/c1-5-29-21(26)17-12(3)18(22(27)30-6-2)32-20(17)23-19(25)15-11-16(31-24-15)13-7-9-14(28-4)10-8-13/h7-11H,5-6H2,1-4H3,(H,23,25). The minimum absolute atomic E-state index is 0.00867. The minimum Gasteiger partial charge on any atom is -0.497 e. The highest BCUT2D eigenvalue weighted by atomic mass is 32.1. The fraction of sp³-hybridized carbons (Fsp3) is 0.273. The van der Waals surface area contributed by atoms with E-state index in [1.165, 1.54) is 6.07 Å². The Balaban J connectivity index is 1.88. The van der Waals surface area contributed by atoms with Gasteiger partial charge < -0.3 is 24.1 Å². The Morgan fingerprint density at radius 3 is 2.34 bits per heavy atom. The van der Waals surface area contributed by atoms with Crippen LogP contribution in [0.3, 0.4) is 0 Å². The second kappa shape index (κ2) is 10.1. The maximum absolute atomic E-state index is 12.8. The van der Waals surface area contributed by atoms with E-state index in [4.69, 9.17) is 18.7 Å². The van der Waals surface area contributed by atoms with Gasteiger partial charge in [-0.1, -0.05) is 5.16 Å². The summed E-state index contributed by atoms with van der Waals surface area (Å²) >= 11 is 0.939. The molecule has 0 bridgehead atoms. The number of ether oxygens (including phenoxy) is 3. The van der Waals surface area contributed by atoms with E-state index < -0.39 is 17.8 Å². The van der Waals surface area contributed by atoms with Crippen molar-refractivity contribution in [3.05, 3.63) is 52.0 Å². The van der Waals surface area contributed by atoms with Crippen LogP contribution in [0.15, 0.2) is 34.9 Å². The Morgan fingerprint density at radius 2 is 1.72 bits per heavy atom. The van der Waals surface area contributed by atoms with E-state index in [1.54, 1.807) is 52.1 Å². The van der Waals surface area contributed by atoms with E-state index in [2.05, 4.69) is 10.5 Å². The molecule has 1 amide bonds. The van der Waals surface area contributed by atoms with E-state index in [0.29, 0.717) is 22.6 Å². The molecule has 0 saturated heterocycles. The Bertz CT molecular complexity index is 1130. The van der Waals surface area contributed by atoms with Crippen LogP contribution in [-0.4, -0.2) is 43.3 Å². The number of benzene rings is 1. The first-order chi connectivity index (χ1) is 15.4. The van der Waals surface area contributed by atoms with Crippen molar-refractivity contribution in [3.8, 4) is 17.1 Å². The van der Waals surface area contributed by atoms with Gasteiger partial charge in [-0.25, -0.2) is 9.59 Å². The number of esters is 2. The van der Waals surface area contributed by atoms with Crippen LogP contribution in [0.5, 0.6) is 5.75 Å². The van der Waals surface area contributed by atoms with Crippen molar-refractivity contribution in [1.29, 1.82) is 0 Å². The number of methoxy groups -OCH3 is 1. The van der Waals surface area contributed by atoms with E-state index in [0.717, 1.165) is 11.3 Å². The summed E-state index contributed by atoms with van der Waals surface area (Å²) in [5.41, 5.74) is 1.20. The van der Waals surface area contributed by atoms with E-state index >= 15 is 0 Å². The molecule has 9 nitrogen and oxygen atoms in total. The predicted molar refractivity (Wildman–Crippen MR) is 117 cm³/mol. The summed E-state index contributed by atoms with van der Waals surface area (Å²) in [6.45, 7) is 5.27. The van der Waals surface area contributed by atoms with E-state index in [1.807, 2.05) is 0 Å². The summed E-state index contributed by atoms with van der Waals surface area (Å²) < 4.78 is 20.5. The molecular weight excluding hydrogens is 436 g/mol. The number of thiophene rings is 1. The zero-order valence-corrected chi connectivity index (χ0v) is 18.8. The number of anilines is 1. The Kier molecular flexibility index (Phi) is 7.26. The number of amides is 1. The second-order valence-electron chi connectivity index (χ2n) is 6.46. The van der Waals surface area contributed by atoms with Crippen molar-refractivity contribution >= 4 is 34.2 Å². The van der Waals surface area contributed by atoms with Gasteiger partial charge in [0.1, 0.15) is 15.6 Å². The summed E-state index contributed by atoms with van der Waals surface area (Å²) in [7, 11) is 1.57. The number of carbonyl (C=O) groups excluding carboxylic acids is 3. The minimum atomic E-state index is -0.647. The van der Waals surface area contributed by atoms with Crippen molar-refractivity contribution < 1.29 is 33.1 Å². The van der Waals surface area contributed by atoms with Gasteiger partial charge in [-0.3, -0.25) is 4.79 Å². The lowest BCUT2D eigenvalue weighted by molar-refractivity contribution is 0.0527. The van der Waals surface area contributed by atoms with E-state index in [-0.39, 0.29) is 34.3 Å². The van der Waals surface area contributed by atoms with Crippen molar-refractivity contribution in [2.24, 2.45) is 0 Å². The van der Waals surface area contributed by atoms with Gasteiger partial charge >= 0.3 is 11.9 Å². The van der Waals surface area contributed by atoms with Crippen LogP contribution in [0.2, 0.25) is 0 Å². The lowest BCUT2D eigenvalue weighted by atomic mass is 10.1. The first-order valence-electron chi connectivity index (χ1n) is 9.79. The monoisotopic (exact) mass is 458 g/mol. The smallest absolute Gasteiger partial charge is 0.348 e. The Morgan fingerprint density at radius 1 is 1.06 bits per heavy atom. The normalized spacial score (nSPS) is 10.5. The van der Waals surface area contributed by atoms with Crippen LogP contribution in [0.1, 0.15) is 49.9 Å². The number of rotatable bonds is 8. The molecule has 3 aromatic rings. The number of nitrogens with one attached hydrogen (secondary N) is 1. The lowest BCUT2D eigenvalue weighted by Crippen LogP contribution is -2.15. The molecule has 2 heterocycles. The molecule has 0 aliphatic rings. The van der Waals surface area contributed by atoms with Crippen LogP contribution >= 0.6 is 11.3 Å². The van der Waals surface area contributed by atoms with Crippen LogP contribution in [0.4, 0.5) is 5.00 Å². The molecule has 0 saturated carbocycles. The van der Waals surface area contributed by atoms with Gasteiger partial charge in [0.05, 0.1) is 25.9 Å². The number of hydrogen-bond donors (Lipinski definition) is 1. The maximum atomic E-state index is 12.8. The summed E-state index contributed by atoms with van der Waals surface area (Å²) in [5, 5.41) is 6.62. The fourth-order valence-corrected chi connectivity index (χ4v) is 3.97. The van der Waals surface area contributed by atoms with Gasteiger partial charge in [0.25, 0.3) is 5.91 Å². The third-order valence-electron chi connectivity index (χ3n) is 4.43. The van der Waals surface area contributed by atoms with Crippen LogP contribution in [0, 0.1) is 6.92 Å². The van der Waals surface area contributed by atoms with Gasteiger partial charge in [0.15, 0.2) is 11.5 Å². The van der Waals surface area contributed by atoms with Crippen molar-refractivity contribution in [3.63, 3.8) is 0 Å². The van der Waals surface area contributed by atoms with Gasteiger partial charge in [0, 0.05) is 11.6 Å². The molecule has 32 heavy (non-hydrogen) atoms. The first-order valence-corrected chi connectivity index (χ1v) is 10.6. The second-order valence-corrected chi connectivity index (χ2v) is 7.48. The highest BCUT2D eigenvalue weighted by Crippen LogP contribution is 2.35. The van der Waals surface area contributed by atoms with Crippen LogP contribution in [-0.2, 0) is 9.47 Å². The van der Waals surface area contributed by atoms with E-state index in [9.17, 15) is 14.4 Å². The molecule has 168 valence electrons.